The summed E-state index contributed by atoms with van der Waals surface area (Å²) < 4.78 is 1.59. The van der Waals surface area contributed by atoms with Crippen LogP contribution in [-0.4, -0.2) is 4.70 Å². The van der Waals surface area contributed by atoms with Crippen molar-refractivity contribution in [3.63, 3.8) is 0 Å². The Labute approximate surface area is 316 Å². The lowest BCUT2D eigenvalue weighted by Gasteiger charge is -2.15. The zero-order valence-electron chi connectivity index (χ0n) is 34.2. The SMILES string of the molecule is CCCCCCCCc1cc(CCCCCC)cc(C2=CC(CCCCC)=C(c3cc(CCCCCC)cc(CCCCCCCC)c3)[N+]2=[N-])c1. The van der Waals surface area contributed by atoms with E-state index in [1.165, 1.54) is 180 Å². The van der Waals surface area contributed by atoms with Gasteiger partial charge < -0.3 is 5.53 Å². The molecule has 0 fully saturated rings. The minimum Gasteiger partial charge on any atom is -0.493 e. The molecule has 0 atom stereocenters. The normalized spacial score (nSPS) is 13.1. The highest BCUT2D eigenvalue weighted by Crippen LogP contribution is 2.39. The van der Waals surface area contributed by atoms with Crippen molar-refractivity contribution in [2.75, 3.05) is 0 Å². The Morgan fingerprint density at radius 3 is 1.10 bits per heavy atom. The average molecular weight is 695 g/mol. The van der Waals surface area contributed by atoms with Crippen LogP contribution in [0.2, 0.25) is 0 Å². The molecule has 0 saturated heterocycles. The molecule has 0 spiro atoms. The van der Waals surface area contributed by atoms with Gasteiger partial charge in [0.25, 0.3) is 0 Å². The molecule has 0 amide bonds. The molecule has 1 aliphatic heterocycles. The van der Waals surface area contributed by atoms with Gasteiger partial charge in [-0.3, -0.25) is 0 Å². The van der Waals surface area contributed by atoms with E-state index in [1.54, 1.807) is 4.70 Å². The summed E-state index contributed by atoms with van der Waals surface area (Å²) in [5.74, 6) is 0. The minimum atomic E-state index is 0.974. The lowest BCUT2D eigenvalue weighted by atomic mass is 9.94. The van der Waals surface area contributed by atoms with Crippen LogP contribution in [0.1, 0.15) is 222 Å². The first-order valence-electron chi connectivity index (χ1n) is 22.2. The molecule has 2 aromatic rings. The summed E-state index contributed by atoms with van der Waals surface area (Å²) in [5.41, 5.74) is 23.7. The van der Waals surface area contributed by atoms with Crippen LogP contribution in [-0.2, 0) is 25.7 Å². The summed E-state index contributed by atoms with van der Waals surface area (Å²) in [5, 5.41) is 0. The Bertz CT molecular complexity index is 1330. The fourth-order valence-electron chi connectivity index (χ4n) is 7.94. The van der Waals surface area contributed by atoms with Gasteiger partial charge >= 0.3 is 0 Å². The van der Waals surface area contributed by atoms with Gasteiger partial charge in [-0.2, -0.15) is 0 Å². The number of aryl methyl sites for hydroxylation is 4. The van der Waals surface area contributed by atoms with Crippen molar-refractivity contribution in [3.05, 3.63) is 87.0 Å². The van der Waals surface area contributed by atoms with Gasteiger partial charge in [-0.1, -0.05) is 162 Å². The van der Waals surface area contributed by atoms with Crippen molar-refractivity contribution in [1.82, 2.24) is 0 Å². The summed E-state index contributed by atoms with van der Waals surface area (Å²) in [6.07, 6.45) is 37.6. The molecule has 284 valence electrons. The molecule has 1 heterocycles. The molecule has 0 aliphatic carbocycles. The van der Waals surface area contributed by atoms with Crippen molar-refractivity contribution in [2.24, 2.45) is 0 Å². The van der Waals surface area contributed by atoms with Gasteiger partial charge in [0.05, 0.1) is 0 Å². The van der Waals surface area contributed by atoms with Gasteiger partial charge in [0.1, 0.15) is 0 Å². The van der Waals surface area contributed by atoms with Crippen LogP contribution in [0.3, 0.4) is 0 Å². The fraction of sp³-hybridized carbons (Fsp3) is 0.673. The largest absolute Gasteiger partial charge is 0.493 e. The zero-order chi connectivity index (χ0) is 36.5. The highest BCUT2D eigenvalue weighted by atomic mass is 15.2. The monoisotopic (exact) mass is 695 g/mol. The molecule has 3 rings (SSSR count). The van der Waals surface area contributed by atoms with Gasteiger partial charge in [-0.25, -0.2) is 4.70 Å². The Morgan fingerprint density at radius 2 is 0.686 bits per heavy atom. The predicted octanol–water partition coefficient (Wildman–Crippen LogP) is 16.1. The van der Waals surface area contributed by atoms with E-state index in [1.807, 2.05) is 0 Å². The molecule has 0 saturated carbocycles. The Kier molecular flexibility index (Phi) is 22.1. The van der Waals surface area contributed by atoms with Crippen molar-refractivity contribution in [3.8, 4) is 0 Å². The number of hydrogen-bond donors (Lipinski definition) is 0. The third kappa shape index (κ3) is 16.0. The number of allylic oxidation sites excluding steroid dienone is 2. The molecule has 2 nitrogen and oxygen atoms in total. The first-order chi connectivity index (χ1) is 25.0. The number of hydrogen-bond acceptors (Lipinski definition) is 0. The zero-order valence-corrected chi connectivity index (χ0v) is 34.2. The van der Waals surface area contributed by atoms with Crippen molar-refractivity contribution in [2.45, 2.75) is 214 Å². The molecule has 1 aliphatic rings. The minimum absolute atomic E-state index is 0.974. The van der Waals surface area contributed by atoms with Gasteiger partial charge in [0.15, 0.2) is 0 Å². The van der Waals surface area contributed by atoms with E-state index in [0.29, 0.717) is 0 Å². The molecule has 0 N–H and O–H groups in total. The predicted molar refractivity (Wildman–Crippen MR) is 225 cm³/mol. The number of rotatable bonds is 30. The summed E-state index contributed by atoms with van der Waals surface area (Å²) >= 11 is 0. The highest BCUT2D eigenvalue weighted by Gasteiger charge is 2.29. The van der Waals surface area contributed by atoms with Crippen molar-refractivity contribution >= 4 is 11.4 Å². The first-order valence-corrected chi connectivity index (χ1v) is 22.2. The summed E-state index contributed by atoms with van der Waals surface area (Å²) in [7, 11) is 0. The Balaban J connectivity index is 1.94. The molecule has 2 heteroatoms. The molecule has 0 radical (unpaired) electrons. The second-order valence-electron chi connectivity index (χ2n) is 15.9. The van der Waals surface area contributed by atoms with Gasteiger partial charge in [-0.05, 0) is 111 Å². The maximum Gasteiger partial charge on any atom is 0.210 e. The van der Waals surface area contributed by atoms with Crippen LogP contribution in [0.5, 0.6) is 0 Å². The van der Waals surface area contributed by atoms with E-state index in [0.717, 1.165) is 49.9 Å². The molecule has 2 aromatic carbocycles. The fourth-order valence-corrected chi connectivity index (χ4v) is 7.94. The maximum atomic E-state index is 12.2. The lowest BCUT2D eigenvalue weighted by molar-refractivity contribution is -0.344. The topological polar surface area (TPSA) is 25.3 Å². The van der Waals surface area contributed by atoms with Gasteiger partial charge in [0, 0.05) is 22.8 Å². The average Bonchev–Trinajstić information content (AvgIpc) is 3.47. The van der Waals surface area contributed by atoms with E-state index in [-0.39, 0.29) is 0 Å². The van der Waals surface area contributed by atoms with Crippen LogP contribution in [0.15, 0.2) is 48.0 Å². The lowest BCUT2D eigenvalue weighted by Crippen LogP contribution is -2.05. The van der Waals surface area contributed by atoms with Crippen LogP contribution in [0.25, 0.3) is 16.9 Å². The number of unbranched alkanes of at least 4 members (excludes halogenated alkanes) is 18. The molecule has 0 unspecified atom stereocenters. The van der Waals surface area contributed by atoms with E-state index in [9.17, 15) is 5.53 Å². The van der Waals surface area contributed by atoms with Crippen LogP contribution in [0, 0.1) is 0 Å². The highest BCUT2D eigenvalue weighted by molar-refractivity contribution is 5.79. The molecular weight excluding hydrogens is 617 g/mol. The summed E-state index contributed by atoms with van der Waals surface area (Å²) in [6, 6.07) is 14.6. The van der Waals surface area contributed by atoms with Gasteiger partial charge in [0.2, 0.25) is 11.4 Å². The van der Waals surface area contributed by atoms with Crippen LogP contribution in [0.4, 0.5) is 0 Å². The third-order valence-corrected chi connectivity index (χ3v) is 11.1. The third-order valence-electron chi connectivity index (χ3n) is 11.1. The standard InChI is InChI=1S/C49H78N2/c1-6-11-16-20-22-27-31-42-34-41(29-25-18-13-8-3)36-46(37-42)48-40-45(33-24-15-10-5)49(51(48)50)47-38-43(30-26-19-14-9-4)35-44(39-47)32-28-23-21-17-12-7-2/h34-40H,6-33H2,1-5H3. The Hall–Kier alpha value is -2.48. The second kappa shape index (κ2) is 26.3. The smallest absolute Gasteiger partial charge is 0.210 e. The Morgan fingerprint density at radius 1 is 0.373 bits per heavy atom. The number of nitrogens with zero attached hydrogens (tertiary/aromatic N) is 2. The molecule has 51 heavy (non-hydrogen) atoms. The number of benzene rings is 2. The van der Waals surface area contributed by atoms with E-state index < -0.39 is 0 Å². The van der Waals surface area contributed by atoms with Crippen molar-refractivity contribution < 1.29 is 4.70 Å². The molecular formula is C49H78N2. The molecule has 0 bridgehead atoms. The van der Waals surface area contributed by atoms with E-state index in [2.05, 4.69) is 77.1 Å². The van der Waals surface area contributed by atoms with Crippen molar-refractivity contribution in [1.29, 1.82) is 0 Å². The van der Waals surface area contributed by atoms with E-state index >= 15 is 0 Å². The summed E-state index contributed by atoms with van der Waals surface area (Å²) in [6.45, 7) is 11.5. The first kappa shape index (κ1) is 42.9. The van der Waals surface area contributed by atoms with Crippen LogP contribution >= 0.6 is 0 Å². The van der Waals surface area contributed by atoms with Gasteiger partial charge in [-0.15, -0.1) is 0 Å². The quantitative estimate of drug-likeness (QED) is 0.0574. The van der Waals surface area contributed by atoms with Crippen LogP contribution < -0.4 is 0 Å². The second-order valence-corrected chi connectivity index (χ2v) is 15.9. The summed E-state index contributed by atoms with van der Waals surface area (Å²) in [4.78, 5) is 0. The molecule has 0 aromatic heterocycles. The maximum absolute atomic E-state index is 12.2. The van der Waals surface area contributed by atoms with E-state index in [4.69, 9.17) is 0 Å².